The molecule has 0 radical (unpaired) electrons. The number of hydrogen-bond acceptors (Lipinski definition) is 6. The van der Waals surface area contributed by atoms with Crippen LogP contribution in [-0.4, -0.2) is 57.4 Å². The van der Waals surface area contributed by atoms with Crippen LogP contribution >= 0.6 is 0 Å². The van der Waals surface area contributed by atoms with Crippen molar-refractivity contribution in [2.24, 2.45) is 0 Å². The van der Waals surface area contributed by atoms with Gasteiger partial charge < -0.3 is 9.47 Å². The quantitative estimate of drug-likeness (QED) is 0.787. The number of fused-ring (bicyclic) bond motifs is 1. The van der Waals surface area contributed by atoms with E-state index in [9.17, 15) is 18.0 Å². The number of anilines is 1. The lowest BCUT2D eigenvalue weighted by molar-refractivity contribution is -0.126. The molecule has 0 aromatic heterocycles. The molecule has 118 valence electrons. The van der Waals surface area contributed by atoms with Crippen LogP contribution in [0.1, 0.15) is 0 Å². The van der Waals surface area contributed by atoms with Gasteiger partial charge in [0.15, 0.2) is 6.61 Å². The smallest absolute Gasteiger partial charge is 0.417 e. The van der Waals surface area contributed by atoms with Crippen LogP contribution in [0.25, 0.3) is 0 Å². The average Bonchev–Trinajstić information content (AvgIpc) is 2.77. The molecule has 0 N–H and O–H groups in total. The summed E-state index contributed by atoms with van der Waals surface area (Å²) in [6.07, 6.45) is -0.292. The van der Waals surface area contributed by atoms with Gasteiger partial charge in [0.1, 0.15) is 11.9 Å². The molecule has 0 unspecified atom stereocenters. The SMILES string of the molecule is CS(=O)(=O)N1C[C@H](CN2C(=O)COC2=O)Oc2ccccc21. The molecule has 1 aromatic carbocycles. The van der Waals surface area contributed by atoms with Gasteiger partial charge in [-0.2, -0.15) is 0 Å². The Kier molecular flexibility index (Phi) is 3.44. The van der Waals surface area contributed by atoms with E-state index in [1.807, 2.05) is 0 Å². The zero-order valence-corrected chi connectivity index (χ0v) is 12.6. The molecule has 2 aliphatic rings. The Balaban J connectivity index is 1.87. The summed E-state index contributed by atoms with van der Waals surface area (Å²) in [4.78, 5) is 24.0. The Morgan fingerprint density at radius 3 is 2.64 bits per heavy atom. The van der Waals surface area contributed by atoms with Gasteiger partial charge in [-0.1, -0.05) is 12.1 Å². The maximum absolute atomic E-state index is 12.0. The second kappa shape index (κ2) is 5.16. The lowest BCUT2D eigenvalue weighted by Crippen LogP contribution is -2.49. The molecule has 1 aromatic rings. The summed E-state index contributed by atoms with van der Waals surface area (Å²) in [5.41, 5.74) is 0.441. The van der Waals surface area contributed by atoms with Gasteiger partial charge in [0.05, 0.1) is 25.0 Å². The van der Waals surface area contributed by atoms with E-state index < -0.39 is 28.1 Å². The summed E-state index contributed by atoms with van der Waals surface area (Å²) in [6, 6.07) is 6.71. The van der Waals surface area contributed by atoms with Crippen LogP contribution in [0, 0.1) is 0 Å². The number of carbonyl (C=O) groups excluding carboxylic acids is 2. The lowest BCUT2D eigenvalue weighted by atomic mass is 10.2. The van der Waals surface area contributed by atoms with E-state index in [0.717, 1.165) is 11.2 Å². The number of benzene rings is 1. The van der Waals surface area contributed by atoms with E-state index in [1.54, 1.807) is 24.3 Å². The third-order valence-electron chi connectivity index (χ3n) is 3.42. The molecule has 8 nitrogen and oxygen atoms in total. The minimum atomic E-state index is -3.50. The first kappa shape index (κ1) is 14.6. The van der Waals surface area contributed by atoms with Crippen molar-refractivity contribution in [3.63, 3.8) is 0 Å². The Hall–Kier alpha value is -2.29. The summed E-state index contributed by atoms with van der Waals surface area (Å²) in [6.45, 7) is -0.330. The third kappa shape index (κ3) is 2.59. The van der Waals surface area contributed by atoms with Gasteiger partial charge in [-0.25, -0.2) is 18.1 Å². The summed E-state index contributed by atoms with van der Waals surface area (Å²) < 4.78 is 35.5. The standard InChI is InChI=1S/C13H14N2O6S/c1-22(18,19)15-7-9(6-14-12(16)8-20-13(14)17)21-11-5-3-2-4-10(11)15/h2-5,9H,6-8H2,1H3/t9-/m0/s1. The zero-order valence-electron chi connectivity index (χ0n) is 11.8. The minimum absolute atomic E-state index is 0.0207. The summed E-state index contributed by atoms with van der Waals surface area (Å²) in [7, 11) is -3.50. The number of para-hydroxylation sites is 2. The van der Waals surface area contributed by atoms with Crippen LogP contribution in [0.4, 0.5) is 10.5 Å². The molecule has 1 saturated heterocycles. The number of hydrogen-bond donors (Lipinski definition) is 0. The predicted molar refractivity (Wildman–Crippen MR) is 76.1 cm³/mol. The van der Waals surface area contributed by atoms with Crippen LogP contribution in [0.3, 0.4) is 0 Å². The highest BCUT2D eigenvalue weighted by atomic mass is 32.2. The average molecular weight is 326 g/mol. The highest BCUT2D eigenvalue weighted by molar-refractivity contribution is 7.92. The Labute approximate surface area is 127 Å². The molecule has 1 atom stereocenters. The second-order valence-electron chi connectivity index (χ2n) is 5.06. The first-order valence-electron chi connectivity index (χ1n) is 6.57. The molecule has 0 saturated carbocycles. The molecular formula is C13H14N2O6S. The van der Waals surface area contributed by atoms with Gasteiger partial charge in [-0.3, -0.25) is 9.10 Å². The first-order chi connectivity index (χ1) is 10.4. The van der Waals surface area contributed by atoms with Gasteiger partial charge in [0.25, 0.3) is 5.91 Å². The fourth-order valence-electron chi connectivity index (χ4n) is 2.43. The largest absolute Gasteiger partial charge is 0.484 e. The molecular weight excluding hydrogens is 312 g/mol. The van der Waals surface area contributed by atoms with Crippen LogP contribution in [-0.2, 0) is 19.6 Å². The van der Waals surface area contributed by atoms with Crippen molar-refractivity contribution in [3.05, 3.63) is 24.3 Å². The van der Waals surface area contributed by atoms with Gasteiger partial charge >= 0.3 is 6.09 Å². The number of cyclic esters (lactones) is 1. The van der Waals surface area contributed by atoms with Crippen molar-refractivity contribution in [2.45, 2.75) is 6.10 Å². The number of rotatable bonds is 3. The normalized spacial score (nSPS) is 21.4. The number of ether oxygens (including phenoxy) is 2. The molecule has 0 aliphatic carbocycles. The molecule has 1 fully saturated rings. The monoisotopic (exact) mass is 326 g/mol. The lowest BCUT2D eigenvalue weighted by Gasteiger charge is -2.35. The molecule has 2 aliphatic heterocycles. The number of imide groups is 1. The predicted octanol–water partition coefficient (Wildman–Crippen LogP) is 0.192. The molecule has 9 heteroatoms. The summed E-state index contributed by atoms with van der Waals surface area (Å²) in [5, 5.41) is 0. The fraction of sp³-hybridized carbons (Fsp3) is 0.385. The topological polar surface area (TPSA) is 93.2 Å². The molecule has 0 spiro atoms. The van der Waals surface area contributed by atoms with Crippen LogP contribution in [0.5, 0.6) is 5.75 Å². The molecule has 2 amide bonds. The number of nitrogens with zero attached hydrogens (tertiary/aromatic N) is 2. The van der Waals surface area contributed by atoms with Crippen molar-refractivity contribution < 1.29 is 27.5 Å². The van der Waals surface area contributed by atoms with Crippen molar-refractivity contribution in [3.8, 4) is 5.75 Å². The van der Waals surface area contributed by atoms with E-state index in [4.69, 9.17) is 4.74 Å². The van der Waals surface area contributed by atoms with Crippen molar-refractivity contribution in [1.29, 1.82) is 0 Å². The number of sulfonamides is 1. The van der Waals surface area contributed by atoms with E-state index in [0.29, 0.717) is 11.4 Å². The maximum Gasteiger partial charge on any atom is 0.417 e. The van der Waals surface area contributed by atoms with Crippen LogP contribution in [0.15, 0.2) is 24.3 Å². The second-order valence-corrected chi connectivity index (χ2v) is 6.97. The Morgan fingerprint density at radius 1 is 1.27 bits per heavy atom. The maximum atomic E-state index is 12.0. The van der Waals surface area contributed by atoms with E-state index in [2.05, 4.69) is 4.74 Å². The zero-order chi connectivity index (χ0) is 15.9. The summed E-state index contributed by atoms with van der Waals surface area (Å²) >= 11 is 0. The molecule has 22 heavy (non-hydrogen) atoms. The van der Waals surface area contributed by atoms with Gasteiger partial charge in [-0.05, 0) is 12.1 Å². The highest BCUT2D eigenvalue weighted by Gasteiger charge is 2.37. The van der Waals surface area contributed by atoms with Crippen LogP contribution < -0.4 is 9.04 Å². The van der Waals surface area contributed by atoms with E-state index >= 15 is 0 Å². The van der Waals surface area contributed by atoms with Gasteiger partial charge in [0.2, 0.25) is 10.0 Å². The molecule has 2 heterocycles. The molecule has 3 rings (SSSR count). The fourth-order valence-corrected chi connectivity index (χ4v) is 3.38. The molecule has 0 bridgehead atoms. The number of amides is 2. The van der Waals surface area contributed by atoms with Gasteiger partial charge in [-0.15, -0.1) is 0 Å². The Bertz CT molecular complexity index is 716. The summed E-state index contributed by atoms with van der Waals surface area (Å²) in [5.74, 6) is -0.0671. The van der Waals surface area contributed by atoms with Crippen LogP contribution in [0.2, 0.25) is 0 Å². The van der Waals surface area contributed by atoms with Gasteiger partial charge in [0, 0.05) is 0 Å². The van der Waals surface area contributed by atoms with Crippen molar-refractivity contribution in [1.82, 2.24) is 4.90 Å². The van der Waals surface area contributed by atoms with Crippen molar-refractivity contribution in [2.75, 3.05) is 30.3 Å². The van der Waals surface area contributed by atoms with Crippen molar-refractivity contribution >= 4 is 27.7 Å². The Morgan fingerprint density at radius 2 is 2.00 bits per heavy atom. The first-order valence-corrected chi connectivity index (χ1v) is 8.41. The third-order valence-corrected chi connectivity index (χ3v) is 4.57. The highest BCUT2D eigenvalue weighted by Crippen LogP contribution is 2.34. The number of carbonyl (C=O) groups is 2. The van der Waals surface area contributed by atoms with E-state index in [1.165, 1.54) is 4.31 Å². The minimum Gasteiger partial charge on any atom is -0.484 e. The van der Waals surface area contributed by atoms with E-state index in [-0.39, 0.29) is 19.7 Å².